The summed E-state index contributed by atoms with van der Waals surface area (Å²) in [6.45, 7) is 3.45. The molecule has 0 aliphatic carbocycles. The highest BCUT2D eigenvalue weighted by molar-refractivity contribution is 5.96. The first kappa shape index (κ1) is 17.6. The summed E-state index contributed by atoms with van der Waals surface area (Å²) in [5.41, 5.74) is 0.335. The van der Waals surface area contributed by atoms with Crippen molar-refractivity contribution in [2.24, 2.45) is 0 Å². The average molecular weight is 282 g/mol. The Balaban J connectivity index is 0.000000441. The van der Waals surface area contributed by atoms with Gasteiger partial charge in [-0.2, -0.15) is 0 Å². The number of aliphatic carboxylic acids is 1. The van der Waals surface area contributed by atoms with Gasteiger partial charge in [0.25, 0.3) is 0 Å². The zero-order chi connectivity index (χ0) is 15.7. The number of hydrogen-bond donors (Lipinski definition) is 3. The molecule has 0 atom stereocenters. The summed E-state index contributed by atoms with van der Waals surface area (Å²) >= 11 is 0. The highest BCUT2D eigenvalue weighted by atomic mass is 16.4. The van der Waals surface area contributed by atoms with Crippen molar-refractivity contribution in [1.29, 1.82) is 0 Å². The first-order valence-corrected chi connectivity index (χ1v) is 6.09. The Hall–Kier alpha value is -2.37. The molecule has 0 saturated carbocycles. The average Bonchev–Trinajstić information content (AvgIpc) is 2.36. The topological polar surface area (TPSA) is 112 Å². The molecule has 1 aromatic rings. The normalized spacial score (nSPS) is 9.30. The molecule has 20 heavy (non-hydrogen) atoms. The van der Waals surface area contributed by atoms with Crippen molar-refractivity contribution in [1.82, 2.24) is 0 Å². The van der Waals surface area contributed by atoms with Gasteiger partial charge in [-0.3, -0.25) is 4.79 Å². The fraction of sp³-hybridized carbons (Fsp3) is 0.357. The van der Waals surface area contributed by atoms with Gasteiger partial charge in [0, 0.05) is 6.42 Å². The molecule has 0 aliphatic heterocycles. The zero-order valence-electron chi connectivity index (χ0n) is 11.4. The number of rotatable bonds is 5. The largest absolute Gasteiger partial charge is 0.481 e. The van der Waals surface area contributed by atoms with Gasteiger partial charge in [-0.1, -0.05) is 19.4 Å². The van der Waals surface area contributed by atoms with Crippen molar-refractivity contribution < 1.29 is 29.7 Å². The third kappa shape index (κ3) is 5.99. The third-order valence-electron chi connectivity index (χ3n) is 2.54. The molecule has 0 spiro atoms. The fourth-order valence-corrected chi connectivity index (χ4v) is 1.43. The highest BCUT2D eigenvalue weighted by Crippen LogP contribution is 2.13. The van der Waals surface area contributed by atoms with Crippen LogP contribution in [0.25, 0.3) is 0 Å². The Labute approximate surface area is 116 Å². The lowest BCUT2D eigenvalue weighted by molar-refractivity contribution is -0.137. The second kappa shape index (κ2) is 8.68. The number of carboxylic acids is 3. The van der Waals surface area contributed by atoms with Gasteiger partial charge in [-0.25, -0.2) is 9.59 Å². The lowest BCUT2D eigenvalue weighted by atomic mass is 10.0. The molecule has 0 aliphatic rings. The molecule has 0 amide bonds. The van der Waals surface area contributed by atoms with E-state index in [0.717, 1.165) is 12.8 Å². The van der Waals surface area contributed by atoms with E-state index in [1.807, 2.05) is 6.92 Å². The van der Waals surface area contributed by atoms with Crippen LogP contribution in [-0.2, 0) is 4.79 Å². The third-order valence-corrected chi connectivity index (χ3v) is 2.54. The standard InChI is InChI=1S/C9H8O4.C5H10O2/c1-5-6(8(10)11)3-2-4-7(5)9(12)13;1-2-3-4-5(6)7/h2-4H,1H3,(H,10,11)(H,12,13);2-4H2,1H3,(H,6,7). The van der Waals surface area contributed by atoms with Crippen molar-refractivity contribution in [3.8, 4) is 0 Å². The number of aromatic carboxylic acids is 2. The summed E-state index contributed by atoms with van der Waals surface area (Å²) in [6, 6.07) is 4.17. The van der Waals surface area contributed by atoms with Crippen molar-refractivity contribution in [2.75, 3.05) is 0 Å². The van der Waals surface area contributed by atoms with Crippen LogP contribution < -0.4 is 0 Å². The van der Waals surface area contributed by atoms with E-state index in [9.17, 15) is 14.4 Å². The molecule has 0 fully saturated rings. The van der Waals surface area contributed by atoms with Crippen LogP contribution in [0, 0.1) is 6.92 Å². The SMILES string of the molecule is CCCCC(=O)O.Cc1c(C(=O)O)cccc1C(=O)O. The Bertz CT molecular complexity index is 460. The maximum atomic E-state index is 10.6. The van der Waals surface area contributed by atoms with Gasteiger partial charge >= 0.3 is 17.9 Å². The fourth-order valence-electron chi connectivity index (χ4n) is 1.43. The summed E-state index contributed by atoms with van der Waals surface area (Å²) < 4.78 is 0. The van der Waals surface area contributed by atoms with Gasteiger partial charge in [0.2, 0.25) is 0 Å². The molecule has 110 valence electrons. The van der Waals surface area contributed by atoms with E-state index in [1.165, 1.54) is 25.1 Å². The van der Waals surface area contributed by atoms with Crippen LogP contribution in [-0.4, -0.2) is 33.2 Å². The van der Waals surface area contributed by atoms with Crippen LogP contribution >= 0.6 is 0 Å². The van der Waals surface area contributed by atoms with E-state index < -0.39 is 17.9 Å². The quantitative estimate of drug-likeness (QED) is 0.765. The number of unbranched alkanes of at least 4 members (excludes halogenated alkanes) is 1. The molecule has 0 saturated heterocycles. The molecule has 3 N–H and O–H groups in total. The predicted molar refractivity (Wildman–Crippen MR) is 72.3 cm³/mol. The smallest absolute Gasteiger partial charge is 0.335 e. The summed E-state index contributed by atoms with van der Waals surface area (Å²) in [4.78, 5) is 31.0. The molecule has 1 rings (SSSR count). The number of hydrogen-bond acceptors (Lipinski definition) is 3. The predicted octanol–water partition coefficient (Wildman–Crippen LogP) is 2.65. The molecule has 6 heteroatoms. The summed E-state index contributed by atoms with van der Waals surface area (Å²) in [5.74, 6) is -2.91. The van der Waals surface area contributed by atoms with Crippen molar-refractivity contribution in [3.63, 3.8) is 0 Å². The minimum atomic E-state index is -1.11. The van der Waals surface area contributed by atoms with Crippen molar-refractivity contribution >= 4 is 17.9 Å². The highest BCUT2D eigenvalue weighted by Gasteiger charge is 2.13. The van der Waals surface area contributed by atoms with Crippen LogP contribution in [0.2, 0.25) is 0 Å². The minimum absolute atomic E-state index is 0.0277. The first-order chi connectivity index (χ1) is 9.31. The number of carbonyl (C=O) groups is 3. The summed E-state index contributed by atoms with van der Waals surface area (Å²) in [6.07, 6.45) is 2.08. The van der Waals surface area contributed by atoms with E-state index in [2.05, 4.69) is 0 Å². The molecule has 6 nitrogen and oxygen atoms in total. The van der Waals surface area contributed by atoms with Gasteiger partial charge in [0.15, 0.2) is 0 Å². The van der Waals surface area contributed by atoms with E-state index in [0.29, 0.717) is 6.42 Å². The molecule has 0 unspecified atom stereocenters. The molecule has 0 aromatic heterocycles. The number of carboxylic acid groups (broad SMARTS) is 3. The van der Waals surface area contributed by atoms with Gasteiger partial charge in [-0.05, 0) is 31.0 Å². The lowest BCUT2D eigenvalue weighted by Gasteiger charge is -2.03. The minimum Gasteiger partial charge on any atom is -0.481 e. The van der Waals surface area contributed by atoms with Crippen molar-refractivity contribution in [2.45, 2.75) is 33.1 Å². The molecule has 0 radical (unpaired) electrons. The summed E-state index contributed by atoms with van der Waals surface area (Å²) in [5, 5.41) is 25.4. The zero-order valence-corrected chi connectivity index (χ0v) is 11.4. The Kier molecular flexibility index (Phi) is 7.65. The van der Waals surface area contributed by atoms with Gasteiger partial charge in [0.1, 0.15) is 0 Å². The van der Waals surface area contributed by atoms with Gasteiger partial charge in [-0.15, -0.1) is 0 Å². The lowest BCUT2D eigenvalue weighted by Crippen LogP contribution is -2.06. The maximum absolute atomic E-state index is 10.6. The van der Waals surface area contributed by atoms with E-state index in [1.54, 1.807) is 0 Å². The molecule has 0 heterocycles. The van der Waals surface area contributed by atoms with Crippen LogP contribution in [0.5, 0.6) is 0 Å². The van der Waals surface area contributed by atoms with Crippen LogP contribution in [0.1, 0.15) is 52.5 Å². The Morgan fingerprint density at radius 2 is 1.45 bits per heavy atom. The van der Waals surface area contributed by atoms with Gasteiger partial charge < -0.3 is 15.3 Å². The molecular formula is C14H18O6. The number of benzene rings is 1. The second-order valence-electron chi connectivity index (χ2n) is 4.09. The first-order valence-electron chi connectivity index (χ1n) is 6.09. The molecular weight excluding hydrogens is 264 g/mol. The monoisotopic (exact) mass is 282 g/mol. The maximum Gasteiger partial charge on any atom is 0.335 e. The Morgan fingerprint density at radius 1 is 1.00 bits per heavy atom. The summed E-state index contributed by atoms with van der Waals surface area (Å²) in [7, 11) is 0. The van der Waals surface area contributed by atoms with Crippen LogP contribution in [0.3, 0.4) is 0 Å². The van der Waals surface area contributed by atoms with E-state index >= 15 is 0 Å². The van der Waals surface area contributed by atoms with Crippen LogP contribution in [0.15, 0.2) is 18.2 Å². The van der Waals surface area contributed by atoms with Gasteiger partial charge in [0.05, 0.1) is 11.1 Å². The van der Waals surface area contributed by atoms with Crippen molar-refractivity contribution in [3.05, 3.63) is 34.9 Å². The Morgan fingerprint density at radius 3 is 1.70 bits per heavy atom. The van der Waals surface area contributed by atoms with E-state index in [-0.39, 0.29) is 16.7 Å². The molecule has 1 aromatic carbocycles. The molecule has 0 bridgehead atoms. The van der Waals surface area contributed by atoms with Crippen LogP contribution in [0.4, 0.5) is 0 Å². The second-order valence-corrected chi connectivity index (χ2v) is 4.09. The van der Waals surface area contributed by atoms with E-state index in [4.69, 9.17) is 15.3 Å².